The number of hydrogen-bond acceptors (Lipinski definition) is 6. The molecule has 0 radical (unpaired) electrons. The molecule has 1 aliphatic rings. The van der Waals surface area contributed by atoms with Gasteiger partial charge >= 0.3 is 0 Å². The molecule has 2 heterocycles. The van der Waals surface area contributed by atoms with Gasteiger partial charge in [0.05, 0.1) is 0 Å². The van der Waals surface area contributed by atoms with E-state index in [2.05, 4.69) is 15.8 Å². The van der Waals surface area contributed by atoms with Crippen molar-refractivity contribution in [2.45, 2.75) is 19.5 Å². The van der Waals surface area contributed by atoms with E-state index >= 15 is 0 Å². The van der Waals surface area contributed by atoms with Crippen molar-refractivity contribution in [2.24, 2.45) is 0 Å². The summed E-state index contributed by atoms with van der Waals surface area (Å²) in [5.41, 5.74) is 1.85. The number of aromatic nitrogens is 1. The van der Waals surface area contributed by atoms with Crippen molar-refractivity contribution >= 4 is 11.7 Å². The van der Waals surface area contributed by atoms with E-state index in [1.54, 1.807) is 13.0 Å². The Labute approximate surface area is 156 Å². The lowest BCUT2D eigenvalue weighted by atomic mass is 10.1. The van der Waals surface area contributed by atoms with Crippen LogP contribution in [0.1, 0.15) is 22.9 Å². The molecular weight excluding hydrogens is 346 g/mol. The van der Waals surface area contributed by atoms with Crippen LogP contribution in [0, 0.1) is 6.92 Å². The molecule has 1 aliphatic heterocycles. The lowest BCUT2D eigenvalue weighted by Gasteiger charge is -2.18. The van der Waals surface area contributed by atoms with Gasteiger partial charge < -0.3 is 19.3 Å². The van der Waals surface area contributed by atoms with Crippen molar-refractivity contribution in [3.8, 4) is 11.5 Å². The molecule has 1 amide bonds. The second kappa shape index (κ2) is 7.51. The number of benzene rings is 2. The molecule has 0 saturated heterocycles. The molecule has 27 heavy (non-hydrogen) atoms. The zero-order chi connectivity index (χ0) is 18.6. The zero-order valence-corrected chi connectivity index (χ0v) is 14.8. The predicted octanol–water partition coefficient (Wildman–Crippen LogP) is 3.18. The average molecular weight is 365 g/mol. The number of carbonyl (C=O) groups is 1. The van der Waals surface area contributed by atoms with E-state index in [0.29, 0.717) is 23.9 Å². The van der Waals surface area contributed by atoms with Gasteiger partial charge in [-0.25, -0.2) is 0 Å². The Balaban J connectivity index is 1.50. The Bertz CT molecular complexity index is 939. The van der Waals surface area contributed by atoms with Gasteiger partial charge in [-0.3, -0.25) is 10.1 Å². The highest BCUT2D eigenvalue weighted by Crippen LogP contribution is 2.32. The molecule has 1 atom stereocenters. The lowest BCUT2D eigenvalue weighted by Crippen LogP contribution is -2.32. The van der Waals surface area contributed by atoms with Gasteiger partial charge in [-0.05, 0) is 30.2 Å². The van der Waals surface area contributed by atoms with E-state index in [0.717, 1.165) is 16.9 Å². The summed E-state index contributed by atoms with van der Waals surface area (Å²) in [6.07, 6.45) is 0. The smallest absolute Gasteiger partial charge is 0.247 e. The number of anilines is 1. The van der Waals surface area contributed by atoms with Gasteiger partial charge in [0, 0.05) is 12.6 Å². The molecule has 2 N–H and O–H groups in total. The number of ether oxygens (including phenoxy) is 2. The fraction of sp³-hybridized carbons (Fsp3) is 0.200. The van der Waals surface area contributed by atoms with Crippen LogP contribution in [0.3, 0.4) is 0 Å². The molecule has 138 valence electrons. The molecule has 0 fully saturated rings. The summed E-state index contributed by atoms with van der Waals surface area (Å²) in [7, 11) is 0. The van der Waals surface area contributed by atoms with Crippen LogP contribution in [0.15, 0.2) is 59.1 Å². The van der Waals surface area contributed by atoms with Crippen LogP contribution in [0.25, 0.3) is 0 Å². The highest BCUT2D eigenvalue weighted by Gasteiger charge is 2.22. The van der Waals surface area contributed by atoms with Crippen LogP contribution in [-0.2, 0) is 11.3 Å². The Kier molecular flexibility index (Phi) is 4.76. The Morgan fingerprint density at radius 2 is 1.93 bits per heavy atom. The van der Waals surface area contributed by atoms with Gasteiger partial charge in [0.25, 0.3) is 0 Å². The van der Waals surface area contributed by atoms with E-state index in [9.17, 15) is 4.79 Å². The van der Waals surface area contributed by atoms with E-state index in [4.69, 9.17) is 14.0 Å². The summed E-state index contributed by atoms with van der Waals surface area (Å²) in [6, 6.07) is 16.4. The molecule has 3 aromatic rings. The summed E-state index contributed by atoms with van der Waals surface area (Å²) >= 11 is 0. The van der Waals surface area contributed by atoms with Crippen molar-refractivity contribution in [3.05, 3.63) is 71.5 Å². The summed E-state index contributed by atoms with van der Waals surface area (Å²) in [4.78, 5) is 12.8. The van der Waals surface area contributed by atoms with Crippen LogP contribution in [0.4, 0.5) is 5.82 Å². The third-order valence-electron chi connectivity index (χ3n) is 4.22. The first kappa shape index (κ1) is 17.1. The number of fused-ring (bicyclic) bond motifs is 1. The summed E-state index contributed by atoms with van der Waals surface area (Å²) in [5.74, 6) is 2.26. The molecule has 0 bridgehead atoms. The second-order valence-electron chi connectivity index (χ2n) is 6.22. The molecule has 7 nitrogen and oxygen atoms in total. The fourth-order valence-corrected chi connectivity index (χ4v) is 2.90. The normalized spacial score (nSPS) is 13.4. The predicted molar refractivity (Wildman–Crippen MR) is 98.5 cm³/mol. The third-order valence-corrected chi connectivity index (χ3v) is 4.22. The number of rotatable bonds is 6. The quantitative estimate of drug-likeness (QED) is 0.698. The summed E-state index contributed by atoms with van der Waals surface area (Å²) < 4.78 is 15.8. The van der Waals surface area contributed by atoms with Crippen molar-refractivity contribution < 1.29 is 18.8 Å². The molecular formula is C20H19N3O4. The van der Waals surface area contributed by atoms with E-state index in [1.165, 1.54) is 0 Å². The maximum absolute atomic E-state index is 12.8. The average Bonchev–Trinajstić information content (AvgIpc) is 3.31. The largest absolute Gasteiger partial charge is 0.454 e. The summed E-state index contributed by atoms with van der Waals surface area (Å²) in [5, 5.41) is 9.92. The molecule has 0 aliphatic carbocycles. The van der Waals surface area contributed by atoms with E-state index < -0.39 is 6.04 Å². The minimum Gasteiger partial charge on any atom is -0.454 e. The summed E-state index contributed by atoms with van der Waals surface area (Å²) in [6.45, 7) is 2.50. The number of carbonyl (C=O) groups excluding carboxylic acids is 1. The SMILES string of the molecule is Cc1cc(NC(=O)[C@H](NCc2ccc3c(c2)OCO3)c2ccccc2)no1. The third kappa shape index (κ3) is 3.93. The van der Waals surface area contributed by atoms with Gasteiger partial charge in [-0.1, -0.05) is 41.6 Å². The van der Waals surface area contributed by atoms with Gasteiger partial charge in [0.15, 0.2) is 17.3 Å². The van der Waals surface area contributed by atoms with E-state index in [1.807, 2.05) is 48.5 Å². The number of nitrogens with one attached hydrogen (secondary N) is 2. The Morgan fingerprint density at radius 3 is 2.70 bits per heavy atom. The Morgan fingerprint density at radius 1 is 1.11 bits per heavy atom. The molecule has 2 aromatic carbocycles. The van der Waals surface area contributed by atoms with Crippen LogP contribution in [0.2, 0.25) is 0 Å². The van der Waals surface area contributed by atoms with Crippen LogP contribution in [-0.4, -0.2) is 17.9 Å². The fourth-order valence-electron chi connectivity index (χ4n) is 2.90. The highest BCUT2D eigenvalue weighted by molar-refractivity contribution is 5.94. The van der Waals surface area contributed by atoms with Crippen molar-refractivity contribution in [1.29, 1.82) is 0 Å². The van der Waals surface area contributed by atoms with Crippen molar-refractivity contribution in [3.63, 3.8) is 0 Å². The van der Waals surface area contributed by atoms with Crippen LogP contribution < -0.4 is 20.1 Å². The number of amides is 1. The van der Waals surface area contributed by atoms with Crippen LogP contribution >= 0.6 is 0 Å². The minimum atomic E-state index is -0.548. The molecule has 0 saturated carbocycles. The molecule has 7 heteroatoms. The lowest BCUT2D eigenvalue weighted by molar-refractivity contribution is -0.118. The van der Waals surface area contributed by atoms with E-state index in [-0.39, 0.29) is 12.7 Å². The maximum Gasteiger partial charge on any atom is 0.247 e. The first-order valence-corrected chi connectivity index (χ1v) is 8.60. The van der Waals surface area contributed by atoms with Crippen molar-refractivity contribution in [1.82, 2.24) is 10.5 Å². The van der Waals surface area contributed by atoms with Crippen LogP contribution in [0.5, 0.6) is 11.5 Å². The van der Waals surface area contributed by atoms with Gasteiger partial charge in [-0.15, -0.1) is 0 Å². The molecule has 1 aromatic heterocycles. The number of aryl methyl sites for hydroxylation is 1. The van der Waals surface area contributed by atoms with Crippen molar-refractivity contribution in [2.75, 3.05) is 12.1 Å². The standard InChI is InChI=1S/C20H19N3O4/c1-13-9-18(23-27-13)22-20(24)19(15-5-3-2-4-6-15)21-11-14-7-8-16-17(10-14)26-12-25-16/h2-10,19,21H,11-12H2,1H3,(H,22,23,24)/t19-/m1/s1. The topological polar surface area (TPSA) is 85.6 Å². The molecule has 0 spiro atoms. The zero-order valence-electron chi connectivity index (χ0n) is 14.8. The van der Waals surface area contributed by atoms with Gasteiger partial charge in [0.2, 0.25) is 12.7 Å². The number of nitrogens with zero attached hydrogens (tertiary/aromatic N) is 1. The first-order valence-electron chi connectivity index (χ1n) is 8.60. The first-order chi connectivity index (χ1) is 13.2. The minimum absolute atomic E-state index is 0.213. The highest BCUT2D eigenvalue weighted by atomic mass is 16.7. The maximum atomic E-state index is 12.8. The second-order valence-corrected chi connectivity index (χ2v) is 6.22. The molecule has 4 rings (SSSR count). The van der Waals surface area contributed by atoms with Gasteiger partial charge in [-0.2, -0.15) is 0 Å². The Hall–Kier alpha value is -3.32. The van der Waals surface area contributed by atoms with Gasteiger partial charge in [0.1, 0.15) is 11.8 Å². The monoisotopic (exact) mass is 365 g/mol. The number of hydrogen-bond donors (Lipinski definition) is 2. The molecule has 0 unspecified atom stereocenters.